The summed E-state index contributed by atoms with van der Waals surface area (Å²) < 4.78 is 0. The van der Waals surface area contributed by atoms with E-state index in [0.29, 0.717) is 17.1 Å². The number of rotatable bonds is 5. The van der Waals surface area contributed by atoms with Crippen molar-refractivity contribution >= 4 is 29.0 Å². The summed E-state index contributed by atoms with van der Waals surface area (Å²) in [7, 11) is 0. The Balaban J connectivity index is 1.50. The predicted molar refractivity (Wildman–Crippen MR) is 109 cm³/mol. The molecule has 0 atom stereocenters. The van der Waals surface area contributed by atoms with E-state index in [1.807, 2.05) is 32.0 Å². The SMILES string of the molecule is Cc1cccc(NC(=O)CN2CCC(C(=O)c3ccc(Cl)cc3)CC2)c1C. The standard InChI is InChI=1S/C22H25ClN2O2/c1-15-4-3-5-20(16(15)2)24-21(26)14-25-12-10-18(11-13-25)22(27)17-6-8-19(23)9-7-17/h3-9,18H,10-14H2,1-2H3,(H,24,26). The van der Waals surface area contributed by atoms with Crippen LogP contribution in [0.5, 0.6) is 0 Å². The lowest BCUT2D eigenvalue weighted by Gasteiger charge is -2.30. The molecule has 1 saturated heterocycles. The van der Waals surface area contributed by atoms with Gasteiger partial charge in [0.15, 0.2) is 5.78 Å². The molecule has 1 fully saturated rings. The van der Waals surface area contributed by atoms with Gasteiger partial charge in [0.1, 0.15) is 0 Å². The van der Waals surface area contributed by atoms with Gasteiger partial charge in [0.25, 0.3) is 0 Å². The molecule has 0 radical (unpaired) electrons. The molecular weight excluding hydrogens is 360 g/mol. The maximum atomic E-state index is 12.6. The van der Waals surface area contributed by atoms with E-state index < -0.39 is 0 Å². The molecule has 142 valence electrons. The Bertz CT molecular complexity index is 825. The van der Waals surface area contributed by atoms with Crippen molar-refractivity contribution in [2.75, 3.05) is 25.0 Å². The van der Waals surface area contributed by atoms with Gasteiger partial charge in [-0.15, -0.1) is 0 Å². The third-order valence-corrected chi connectivity index (χ3v) is 5.59. The van der Waals surface area contributed by atoms with Crippen LogP contribution < -0.4 is 5.32 Å². The fraction of sp³-hybridized carbons (Fsp3) is 0.364. The van der Waals surface area contributed by atoms with Crippen molar-refractivity contribution < 1.29 is 9.59 Å². The minimum absolute atomic E-state index is 0.00817. The molecule has 3 rings (SSSR count). The molecular formula is C22H25ClN2O2. The van der Waals surface area contributed by atoms with E-state index in [1.54, 1.807) is 24.3 Å². The van der Waals surface area contributed by atoms with E-state index >= 15 is 0 Å². The van der Waals surface area contributed by atoms with Crippen LogP contribution in [0.3, 0.4) is 0 Å². The molecule has 2 aromatic rings. The summed E-state index contributed by atoms with van der Waals surface area (Å²) in [4.78, 5) is 27.1. The lowest BCUT2D eigenvalue weighted by atomic mass is 9.89. The Kier molecular flexibility index (Phi) is 6.30. The predicted octanol–water partition coefficient (Wildman–Crippen LogP) is 4.49. The topological polar surface area (TPSA) is 49.4 Å². The Morgan fingerprint density at radius 3 is 2.41 bits per heavy atom. The first kappa shape index (κ1) is 19.6. The maximum absolute atomic E-state index is 12.6. The largest absolute Gasteiger partial charge is 0.325 e. The molecule has 1 aliphatic heterocycles. The van der Waals surface area contributed by atoms with Gasteiger partial charge in [0.2, 0.25) is 5.91 Å². The van der Waals surface area contributed by atoms with E-state index in [0.717, 1.165) is 42.7 Å². The molecule has 1 aliphatic rings. The smallest absolute Gasteiger partial charge is 0.238 e. The van der Waals surface area contributed by atoms with Gasteiger partial charge in [-0.05, 0) is 81.2 Å². The number of hydrogen-bond donors (Lipinski definition) is 1. The average Bonchev–Trinajstić information content (AvgIpc) is 2.66. The number of benzene rings is 2. The number of likely N-dealkylation sites (tertiary alicyclic amines) is 1. The van der Waals surface area contributed by atoms with Crippen LogP contribution in [0.1, 0.15) is 34.3 Å². The highest BCUT2D eigenvalue weighted by Crippen LogP contribution is 2.23. The van der Waals surface area contributed by atoms with Crippen molar-refractivity contribution in [2.45, 2.75) is 26.7 Å². The number of Topliss-reactive ketones (excluding diaryl/α,β-unsaturated/α-hetero) is 1. The van der Waals surface area contributed by atoms with Crippen LogP contribution in [-0.4, -0.2) is 36.2 Å². The van der Waals surface area contributed by atoms with E-state index in [1.165, 1.54) is 0 Å². The van der Waals surface area contributed by atoms with Gasteiger partial charge < -0.3 is 5.32 Å². The lowest BCUT2D eigenvalue weighted by Crippen LogP contribution is -2.40. The molecule has 5 heteroatoms. The number of piperidine rings is 1. The monoisotopic (exact) mass is 384 g/mol. The Hall–Kier alpha value is -2.17. The van der Waals surface area contributed by atoms with Crippen molar-refractivity contribution in [3.63, 3.8) is 0 Å². The molecule has 27 heavy (non-hydrogen) atoms. The van der Waals surface area contributed by atoms with Crippen LogP contribution in [0.25, 0.3) is 0 Å². The molecule has 0 unspecified atom stereocenters. The van der Waals surface area contributed by atoms with Crippen LogP contribution in [0.4, 0.5) is 5.69 Å². The molecule has 0 spiro atoms. The number of ketones is 1. The molecule has 1 N–H and O–H groups in total. The van der Waals surface area contributed by atoms with Crippen LogP contribution in [-0.2, 0) is 4.79 Å². The van der Waals surface area contributed by atoms with Gasteiger partial charge in [-0.1, -0.05) is 23.7 Å². The first-order chi connectivity index (χ1) is 12.9. The zero-order valence-corrected chi connectivity index (χ0v) is 16.6. The highest BCUT2D eigenvalue weighted by molar-refractivity contribution is 6.30. The van der Waals surface area contributed by atoms with Crippen molar-refractivity contribution in [3.05, 3.63) is 64.2 Å². The summed E-state index contributed by atoms with van der Waals surface area (Å²) in [6, 6.07) is 13.0. The molecule has 1 amide bonds. The maximum Gasteiger partial charge on any atom is 0.238 e. The van der Waals surface area contributed by atoms with Crippen molar-refractivity contribution in [1.29, 1.82) is 0 Å². The highest BCUT2D eigenvalue weighted by Gasteiger charge is 2.26. The van der Waals surface area contributed by atoms with Crippen LogP contribution >= 0.6 is 11.6 Å². The van der Waals surface area contributed by atoms with Crippen molar-refractivity contribution in [3.8, 4) is 0 Å². The summed E-state index contributed by atoms with van der Waals surface area (Å²) in [6.45, 7) is 5.91. The van der Waals surface area contributed by atoms with Crippen molar-refractivity contribution in [1.82, 2.24) is 4.90 Å². The number of nitrogens with zero attached hydrogens (tertiary/aromatic N) is 1. The third kappa shape index (κ3) is 4.96. The second kappa shape index (κ2) is 8.68. The van der Waals surface area contributed by atoms with Crippen molar-refractivity contribution in [2.24, 2.45) is 5.92 Å². The second-order valence-corrected chi connectivity index (χ2v) is 7.65. The van der Waals surface area contributed by atoms with E-state index in [4.69, 9.17) is 11.6 Å². The van der Waals surface area contributed by atoms with E-state index in [9.17, 15) is 9.59 Å². The number of halogens is 1. The van der Waals surface area contributed by atoms with Crippen LogP contribution in [0.15, 0.2) is 42.5 Å². The zero-order chi connectivity index (χ0) is 19.4. The Labute approximate surface area is 165 Å². The molecule has 4 nitrogen and oxygen atoms in total. The Morgan fingerprint density at radius 1 is 1.07 bits per heavy atom. The third-order valence-electron chi connectivity index (χ3n) is 5.33. The van der Waals surface area contributed by atoms with E-state index in [-0.39, 0.29) is 17.6 Å². The van der Waals surface area contributed by atoms with Crippen LogP contribution in [0, 0.1) is 19.8 Å². The molecule has 0 saturated carbocycles. The summed E-state index contributed by atoms with van der Waals surface area (Å²) in [5.41, 5.74) is 3.84. The molecule has 0 aromatic heterocycles. The molecule has 1 heterocycles. The lowest BCUT2D eigenvalue weighted by molar-refractivity contribution is -0.117. The van der Waals surface area contributed by atoms with Gasteiger partial charge in [-0.2, -0.15) is 0 Å². The number of anilines is 1. The molecule has 2 aromatic carbocycles. The fourth-order valence-corrected chi connectivity index (χ4v) is 3.61. The first-order valence-electron chi connectivity index (χ1n) is 9.32. The van der Waals surface area contributed by atoms with Gasteiger partial charge in [0, 0.05) is 22.2 Å². The summed E-state index contributed by atoms with van der Waals surface area (Å²) in [5, 5.41) is 3.64. The highest BCUT2D eigenvalue weighted by atomic mass is 35.5. The number of aryl methyl sites for hydroxylation is 1. The van der Waals surface area contributed by atoms with Crippen LogP contribution in [0.2, 0.25) is 5.02 Å². The number of carbonyl (C=O) groups is 2. The summed E-state index contributed by atoms with van der Waals surface area (Å²) in [6.07, 6.45) is 1.55. The number of amides is 1. The van der Waals surface area contributed by atoms with E-state index in [2.05, 4.69) is 10.2 Å². The zero-order valence-electron chi connectivity index (χ0n) is 15.8. The van der Waals surface area contributed by atoms with Gasteiger partial charge >= 0.3 is 0 Å². The quantitative estimate of drug-likeness (QED) is 0.772. The minimum Gasteiger partial charge on any atom is -0.325 e. The molecule has 0 aliphatic carbocycles. The second-order valence-electron chi connectivity index (χ2n) is 7.22. The van der Waals surface area contributed by atoms with Gasteiger partial charge in [-0.3, -0.25) is 14.5 Å². The first-order valence-corrected chi connectivity index (χ1v) is 9.70. The normalized spacial score (nSPS) is 15.5. The number of carbonyl (C=O) groups excluding carboxylic acids is 2. The minimum atomic E-state index is -0.00817. The van der Waals surface area contributed by atoms with Gasteiger partial charge in [0.05, 0.1) is 6.54 Å². The molecule has 0 bridgehead atoms. The fourth-order valence-electron chi connectivity index (χ4n) is 3.48. The average molecular weight is 385 g/mol. The number of nitrogens with one attached hydrogen (secondary N) is 1. The summed E-state index contributed by atoms with van der Waals surface area (Å²) in [5.74, 6) is 0.182. The summed E-state index contributed by atoms with van der Waals surface area (Å²) >= 11 is 5.89. The van der Waals surface area contributed by atoms with Gasteiger partial charge in [-0.25, -0.2) is 0 Å². The number of hydrogen-bond acceptors (Lipinski definition) is 3. The Morgan fingerprint density at radius 2 is 1.74 bits per heavy atom.